The van der Waals surface area contributed by atoms with Crippen molar-refractivity contribution in [3.63, 3.8) is 0 Å². The van der Waals surface area contributed by atoms with Gasteiger partial charge in [0.05, 0.1) is 18.7 Å². The quantitative estimate of drug-likeness (QED) is 0.179. The Morgan fingerprint density at radius 1 is 1.00 bits per heavy atom. The highest BCUT2D eigenvalue weighted by molar-refractivity contribution is 5.66. The van der Waals surface area contributed by atoms with Crippen molar-refractivity contribution >= 4 is 6.09 Å². The third-order valence-corrected chi connectivity index (χ3v) is 6.60. The summed E-state index contributed by atoms with van der Waals surface area (Å²) in [7, 11) is 3.03. The molecule has 2 aliphatic heterocycles. The summed E-state index contributed by atoms with van der Waals surface area (Å²) >= 11 is 0. The Hall–Kier alpha value is -1.17. The number of likely N-dealkylation sites (N-methyl/N-ethyl adjacent to an activating group) is 1. The molecule has 0 spiro atoms. The van der Waals surface area contributed by atoms with Gasteiger partial charge in [0.2, 0.25) is 6.29 Å². The minimum Gasteiger partial charge on any atom is -0.420 e. The molecule has 0 aromatic heterocycles. The van der Waals surface area contributed by atoms with Crippen molar-refractivity contribution in [1.82, 2.24) is 10.6 Å². The van der Waals surface area contributed by atoms with Gasteiger partial charge in [-0.05, 0) is 26.8 Å². The summed E-state index contributed by atoms with van der Waals surface area (Å²) in [6.07, 6.45) is -7.10. The van der Waals surface area contributed by atoms with Crippen LogP contribution in [0.15, 0.2) is 0 Å². The number of amides is 1. The molecule has 0 aromatic carbocycles. The number of carbonyl (C=O) groups excluding carboxylic acids is 1. The van der Waals surface area contributed by atoms with Crippen LogP contribution in [0, 0.1) is 0 Å². The van der Waals surface area contributed by atoms with Gasteiger partial charge in [0.15, 0.2) is 12.6 Å². The number of hydrogen-bond donors (Lipinski definition) is 8. The second kappa shape index (κ2) is 11.3. The zero-order chi connectivity index (χ0) is 25.2. The van der Waals surface area contributed by atoms with Gasteiger partial charge in [-0.1, -0.05) is 0 Å². The molecule has 1 amide bonds. The highest BCUT2D eigenvalue weighted by Gasteiger charge is 2.51. The normalized spacial score (nSPS) is 47.7. The number of carbonyl (C=O) groups is 1. The van der Waals surface area contributed by atoms with E-state index in [0.717, 1.165) is 0 Å². The third kappa shape index (κ3) is 5.96. The second-order valence-electron chi connectivity index (χ2n) is 9.38. The van der Waals surface area contributed by atoms with Gasteiger partial charge < -0.3 is 66.8 Å². The van der Waals surface area contributed by atoms with Crippen LogP contribution in [-0.4, -0.2) is 115 Å². The fraction of sp³-hybridized carbons (Fsp3) is 0.950. The molecule has 2 saturated heterocycles. The molecule has 14 heteroatoms. The van der Waals surface area contributed by atoms with E-state index in [-0.39, 0.29) is 13.0 Å². The van der Waals surface area contributed by atoms with E-state index in [4.69, 9.17) is 40.9 Å². The monoisotopic (exact) mass is 493 g/mol. The Balaban J connectivity index is 1.67. The number of rotatable bonds is 6. The molecule has 3 rings (SSSR count). The van der Waals surface area contributed by atoms with Gasteiger partial charge in [-0.2, -0.15) is 0 Å². The smallest absolute Gasteiger partial charge is 0.409 e. The van der Waals surface area contributed by atoms with E-state index in [2.05, 4.69) is 10.6 Å². The van der Waals surface area contributed by atoms with Crippen molar-refractivity contribution in [2.45, 2.75) is 99.2 Å². The molecular weight excluding hydrogens is 454 g/mol. The number of nitrogens with one attached hydrogen (secondary N) is 2. The third-order valence-electron chi connectivity index (χ3n) is 6.60. The summed E-state index contributed by atoms with van der Waals surface area (Å²) in [6, 6.07) is -2.62. The number of aliphatic hydroxyl groups is 3. The van der Waals surface area contributed by atoms with Gasteiger partial charge in [0.25, 0.3) is 0 Å². The molecule has 12 atom stereocenters. The lowest BCUT2D eigenvalue weighted by atomic mass is 9.84. The topological polar surface area (TPSA) is 226 Å². The van der Waals surface area contributed by atoms with Crippen LogP contribution in [0.2, 0.25) is 0 Å². The number of hydrogen-bond acceptors (Lipinski definition) is 13. The minimum atomic E-state index is -1.32. The van der Waals surface area contributed by atoms with E-state index in [9.17, 15) is 20.1 Å². The van der Waals surface area contributed by atoms with Crippen LogP contribution >= 0.6 is 0 Å². The largest absolute Gasteiger partial charge is 0.420 e. The fourth-order valence-corrected chi connectivity index (χ4v) is 4.70. The maximum atomic E-state index is 11.5. The first-order valence-electron chi connectivity index (χ1n) is 11.5. The predicted octanol–water partition coefficient (Wildman–Crippen LogP) is -3.62. The molecule has 34 heavy (non-hydrogen) atoms. The standard InChI is InChI=1S/C20H39N5O9/c1-20(29)7-30-18(13(27)16(20)24-2)34-15-10(23)6-9(22)14(12(15)26)33-17-8(21)4-5-11(31-17)32-19(28)25-3/h8-18,24,26-27,29H,4-7,21-23H2,1-3H3,(H,25,28)/t8-,9+,10-,11+,12+,13-,14-,15+,16-,17+,18-,20+/m1/s1. The average Bonchev–Trinajstić information content (AvgIpc) is 2.77. The van der Waals surface area contributed by atoms with Crippen molar-refractivity contribution in [3.05, 3.63) is 0 Å². The zero-order valence-electron chi connectivity index (χ0n) is 19.7. The lowest BCUT2D eigenvalue weighted by Crippen LogP contribution is -2.68. The first kappa shape index (κ1) is 27.4. The highest BCUT2D eigenvalue weighted by Crippen LogP contribution is 2.31. The van der Waals surface area contributed by atoms with Crippen molar-refractivity contribution in [2.75, 3.05) is 20.7 Å². The van der Waals surface area contributed by atoms with E-state index in [1.54, 1.807) is 7.05 Å². The first-order valence-corrected chi connectivity index (χ1v) is 11.5. The van der Waals surface area contributed by atoms with Gasteiger partial charge >= 0.3 is 6.09 Å². The van der Waals surface area contributed by atoms with Crippen LogP contribution in [-0.2, 0) is 23.7 Å². The molecular formula is C20H39N5O9. The molecule has 0 unspecified atom stereocenters. The maximum absolute atomic E-state index is 11.5. The molecule has 1 aliphatic carbocycles. The van der Waals surface area contributed by atoms with Gasteiger partial charge in [0.1, 0.15) is 30.0 Å². The lowest BCUT2D eigenvalue weighted by molar-refractivity contribution is -0.314. The van der Waals surface area contributed by atoms with Crippen LogP contribution in [0.3, 0.4) is 0 Å². The molecule has 0 aromatic rings. The lowest BCUT2D eigenvalue weighted by Gasteiger charge is -2.48. The number of ether oxygens (including phenoxy) is 5. The van der Waals surface area contributed by atoms with E-state index in [1.165, 1.54) is 14.0 Å². The molecule has 11 N–H and O–H groups in total. The Labute approximate surface area is 198 Å². The summed E-state index contributed by atoms with van der Waals surface area (Å²) in [6.45, 7) is 1.43. The molecule has 3 fully saturated rings. The van der Waals surface area contributed by atoms with Crippen LogP contribution in [0.5, 0.6) is 0 Å². The summed E-state index contributed by atoms with van der Waals surface area (Å²) in [5, 5.41) is 37.4. The second-order valence-corrected chi connectivity index (χ2v) is 9.38. The van der Waals surface area contributed by atoms with Gasteiger partial charge in [-0.3, -0.25) is 0 Å². The Morgan fingerprint density at radius 3 is 2.21 bits per heavy atom. The Bertz CT molecular complexity index is 689. The molecule has 0 bridgehead atoms. The van der Waals surface area contributed by atoms with Crippen LogP contribution in [0.4, 0.5) is 4.79 Å². The molecule has 3 aliphatic rings. The first-order chi connectivity index (χ1) is 16.0. The van der Waals surface area contributed by atoms with E-state index in [1.807, 2.05) is 0 Å². The fourth-order valence-electron chi connectivity index (χ4n) is 4.70. The molecule has 0 radical (unpaired) electrons. The molecule has 198 valence electrons. The van der Waals surface area contributed by atoms with E-state index < -0.39 is 79.1 Å². The Morgan fingerprint density at radius 2 is 1.62 bits per heavy atom. The van der Waals surface area contributed by atoms with Gasteiger partial charge in [-0.15, -0.1) is 0 Å². The van der Waals surface area contributed by atoms with Crippen molar-refractivity contribution in [2.24, 2.45) is 17.2 Å². The number of aliphatic hydroxyl groups excluding tert-OH is 2. The van der Waals surface area contributed by atoms with Crippen LogP contribution in [0.1, 0.15) is 26.2 Å². The molecule has 14 nitrogen and oxygen atoms in total. The zero-order valence-corrected chi connectivity index (χ0v) is 19.7. The van der Waals surface area contributed by atoms with Crippen LogP contribution < -0.4 is 27.8 Å². The predicted molar refractivity (Wildman–Crippen MR) is 117 cm³/mol. The minimum absolute atomic E-state index is 0.102. The molecule has 2 heterocycles. The van der Waals surface area contributed by atoms with Crippen LogP contribution in [0.25, 0.3) is 0 Å². The summed E-state index contributed by atoms with van der Waals surface area (Å²) in [4.78, 5) is 11.5. The molecule has 1 saturated carbocycles. The van der Waals surface area contributed by atoms with Crippen molar-refractivity contribution < 1.29 is 43.8 Å². The summed E-state index contributed by atoms with van der Waals surface area (Å²) < 4.78 is 28.2. The van der Waals surface area contributed by atoms with Crippen molar-refractivity contribution in [1.29, 1.82) is 0 Å². The van der Waals surface area contributed by atoms with Crippen molar-refractivity contribution in [3.8, 4) is 0 Å². The Kier molecular flexibility index (Phi) is 9.08. The highest BCUT2D eigenvalue weighted by atomic mass is 16.8. The summed E-state index contributed by atoms with van der Waals surface area (Å²) in [5.74, 6) is 0. The number of alkyl carbamates (subject to hydrolysis) is 1. The average molecular weight is 494 g/mol. The van der Waals surface area contributed by atoms with Gasteiger partial charge in [-0.25, -0.2) is 4.79 Å². The maximum Gasteiger partial charge on any atom is 0.409 e. The number of nitrogens with two attached hydrogens (primary N) is 3. The van der Waals surface area contributed by atoms with E-state index >= 15 is 0 Å². The van der Waals surface area contributed by atoms with E-state index in [0.29, 0.717) is 12.8 Å². The SMILES string of the molecule is CNC(=O)O[C@H]1CC[C@@H](N)[C@H](O[C@H]2[C@H](O)[C@@H](O[C@H]3OC[C@](C)(O)[C@H](NC)[C@H]3O)[C@H](N)C[C@@H]2N)O1. The summed E-state index contributed by atoms with van der Waals surface area (Å²) in [5.41, 5.74) is 17.2. The van der Waals surface area contributed by atoms with Gasteiger partial charge in [0, 0.05) is 25.6 Å².